The van der Waals surface area contributed by atoms with E-state index in [4.69, 9.17) is 11.6 Å². The normalized spacial score (nSPS) is 21.2. The van der Waals surface area contributed by atoms with Gasteiger partial charge >= 0.3 is 0 Å². The molecular weight excluding hydrogens is 339 g/mol. The summed E-state index contributed by atoms with van der Waals surface area (Å²) >= 11 is 5.91. The molecule has 1 aliphatic carbocycles. The lowest BCUT2D eigenvalue weighted by molar-refractivity contribution is -0.0484. The van der Waals surface area contributed by atoms with E-state index in [2.05, 4.69) is 9.88 Å². The van der Waals surface area contributed by atoms with Crippen molar-refractivity contribution in [3.63, 3.8) is 0 Å². The number of pyridine rings is 1. The van der Waals surface area contributed by atoms with Crippen molar-refractivity contribution in [3.8, 4) is 0 Å². The average Bonchev–Trinajstić information content (AvgIpc) is 2.62. The number of aliphatic hydroxyl groups is 1. The van der Waals surface area contributed by atoms with Gasteiger partial charge in [0.15, 0.2) is 0 Å². The van der Waals surface area contributed by atoms with Crippen LogP contribution in [0.4, 0.5) is 10.1 Å². The molecule has 1 aromatic carbocycles. The Morgan fingerprint density at radius 3 is 2.64 bits per heavy atom. The first kappa shape index (κ1) is 16.8. The lowest BCUT2D eigenvalue weighted by atomic mass is 9.55. The van der Waals surface area contributed by atoms with Crippen LogP contribution in [0.15, 0.2) is 42.7 Å². The van der Waals surface area contributed by atoms with Gasteiger partial charge in [-0.3, -0.25) is 4.98 Å². The van der Waals surface area contributed by atoms with Crippen LogP contribution in [-0.4, -0.2) is 23.2 Å². The highest BCUT2D eigenvalue weighted by Gasteiger charge is 2.48. The summed E-state index contributed by atoms with van der Waals surface area (Å²) in [6.07, 6.45) is 7.44. The van der Waals surface area contributed by atoms with E-state index in [0.717, 1.165) is 50.0 Å². The fraction of sp³-hybridized carbons (Fsp3) is 0.450. The Hall–Kier alpha value is -1.65. The Morgan fingerprint density at radius 2 is 2.00 bits per heavy atom. The molecule has 1 N–H and O–H groups in total. The molecule has 2 aliphatic rings. The number of aliphatic hydroxyl groups excluding tert-OH is 1. The van der Waals surface area contributed by atoms with Crippen molar-refractivity contribution < 1.29 is 9.50 Å². The molecule has 132 valence electrons. The third-order valence-corrected chi connectivity index (χ3v) is 6.24. The second-order valence-corrected chi connectivity index (χ2v) is 7.89. The van der Waals surface area contributed by atoms with Crippen molar-refractivity contribution in [3.05, 3.63) is 59.1 Å². The van der Waals surface area contributed by atoms with Crippen molar-refractivity contribution >= 4 is 17.3 Å². The van der Waals surface area contributed by atoms with E-state index in [1.165, 1.54) is 6.07 Å². The maximum atomic E-state index is 13.3. The highest BCUT2D eigenvalue weighted by Crippen LogP contribution is 2.56. The van der Waals surface area contributed by atoms with Crippen LogP contribution in [0.2, 0.25) is 5.02 Å². The maximum absolute atomic E-state index is 13.3. The van der Waals surface area contributed by atoms with E-state index in [1.807, 2.05) is 12.1 Å². The molecule has 0 amide bonds. The fourth-order valence-corrected chi connectivity index (χ4v) is 4.60. The van der Waals surface area contributed by atoms with Crippen LogP contribution in [0, 0.1) is 17.2 Å². The van der Waals surface area contributed by atoms with Gasteiger partial charge in [0, 0.05) is 31.2 Å². The molecule has 2 aromatic rings. The van der Waals surface area contributed by atoms with E-state index in [0.29, 0.717) is 11.3 Å². The van der Waals surface area contributed by atoms with E-state index < -0.39 is 6.10 Å². The minimum absolute atomic E-state index is 0.182. The lowest BCUT2D eigenvalue weighted by Crippen LogP contribution is -2.48. The monoisotopic (exact) mass is 360 g/mol. The highest BCUT2D eigenvalue weighted by atomic mass is 35.5. The molecule has 1 unspecified atom stereocenters. The maximum Gasteiger partial charge on any atom is 0.141 e. The van der Waals surface area contributed by atoms with E-state index in [9.17, 15) is 9.50 Å². The zero-order chi connectivity index (χ0) is 17.4. The van der Waals surface area contributed by atoms with E-state index in [1.54, 1.807) is 24.5 Å². The van der Waals surface area contributed by atoms with Crippen LogP contribution in [0.1, 0.15) is 37.4 Å². The average molecular weight is 361 g/mol. The topological polar surface area (TPSA) is 36.4 Å². The number of rotatable bonds is 3. The van der Waals surface area contributed by atoms with Crippen molar-refractivity contribution in [2.24, 2.45) is 11.3 Å². The van der Waals surface area contributed by atoms with Crippen molar-refractivity contribution in [1.29, 1.82) is 0 Å². The molecule has 0 bridgehead atoms. The summed E-state index contributed by atoms with van der Waals surface area (Å²) < 4.78 is 13.3. The van der Waals surface area contributed by atoms with E-state index >= 15 is 0 Å². The first-order chi connectivity index (χ1) is 12.1. The standard InChI is InChI=1S/C20H22ClFN2O/c21-17-10-16(3-4-18(17)22)24-8-5-20(6-9-24)11-15(12-20)19(25)14-2-1-7-23-13-14/h1-4,7,10,13,15,19,25H,5-6,8-9,11-12H2. The van der Waals surface area contributed by atoms with Crippen molar-refractivity contribution in [2.75, 3.05) is 18.0 Å². The Kier molecular flexibility index (Phi) is 4.42. The second-order valence-electron chi connectivity index (χ2n) is 7.48. The van der Waals surface area contributed by atoms with Crippen LogP contribution < -0.4 is 4.90 Å². The number of halogens is 2. The Bertz CT molecular complexity index is 739. The second kappa shape index (κ2) is 6.58. The van der Waals surface area contributed by atoms with Crippen molar-refractivity contribution in [2.45, 2.75) is 31.8 Å². The third kappa shape index (κ3) is 3.25. The Balaban J connectivity index is 1.34. The molecule has 5 heteroatoms. The molecule has 1 aliphatic heterocycles. The predicted octanol–water partition coefficient (Wildman–Crippen LogP) is 4.60. The summed E-state index contributed by atoms with van der Waals surface area (Å²) in [4.78, 5) is 6.38. The fourth-order valence-electron chi connectivity index (χ4n) is 4.43. The van der Waals surface area contributed by atoms with Crippen LogP contribution in [-0.2, 0) is 0 Å². The highest BCUT2D eigenvalue weighted by molar-refractivity contribution is 6.31. The smallest absolute Gasteiger partial charge is 0.141 e. The number of piperidine rings is 1. The van der Waals surface area contributed by atoms with Crippen LogP contribution >= 0.6 is 11.6 Å². The molecule has 1 spiro atoms. The van der Waals surface area contributed by atoms with Gasteiger partial charge in [0.05, 0.1) is 11.1 Å². The molecule has 1 atom stereocenters. The van der Waals surface area contributed by atoms with Gasteiger partial charge in [-0.05, 0) is 66.8 Å². The van der Waals surface area contributed by atoms with Crippen LogP contribution in [0.25, 0.3) is 0 Å². The summed E-state index contributed by atoms with van der Waals surface area (Å²) in [5, 5.41) is 10.7. The number of anilines is 1. The molecule has 1 aromatic heterocycles. The quantitative estimate of drug-likeness (QED) is 0.868. The van der Waals surface area contributed by atoms with Gasteiger partial charge < -0.3 is 10.0 Å². The Morgan fingerprint density at radius 1 is 1.24 bits per heavy atom. The summed E-state index contributed by atoms with van der Waals surface area (Å²) in [6.45, 7) is 1.91. The lowest BCUT2D eigenvalue weighted by Gasteiger charge is -2.54. The van der Waals surface area contributed by atoms with Gasteiger partial charge in [-0.2, -0.15) is 0 Å². The summed E-state index contributed by atoms with van der Waals surface area (Å²) in [5.74, 6) is -0.0406. The summed E-state index contributed by atoms with van der Waals surface area (Å²) in [6, 6.07) is 8.77. The predicted molar refractivity (Wildman–Crippen MR) is 97.2 cm³/mol. The molecule has 2 heterocycles. The van der Waals surface area contributed by atoms with Crippen LogP contribution in [0.3, 0.4) is 0 Å². The molecule has 25 heavy (non-hydrogen) atoms. The number of aromatic nitrogens is 1. The van der Waals surface area contributed by atoms with E-state index in [-0.39, 0.29) is 10.8 Å². The number of hydrogen-bond donors (Lipinski definition) is 1. The molecule has 1 saturated carbocycles. The number of nitrogens with zero attached hydrogens (tertiary/aromatic N) is 2. The molecule has 2 fully saturated rings. The van der Waals surface area contributed by atoms with Gasteiger partial charge in [-0.25, -0.2) is 4.39 Å². The number of hydrogen-bond acceptors (Lipinski definition) is 3. The molecule has 1 saturated heterocycles. The number of benzene rings is 1. The minimum Gasteiger partial charge on any atom is -0.388 e. The van der Waals surface area contributed by atoms with Gasteiger partial charge in [-0.1, -0.05) is 17.7 Å². The molecule has 3 nitrogen and oxygen atoms in total. The molecular formula is C20H22ClFN2O. The molecule has 4 rings (SSSR count). The third-order valence-electron chi connectivity index (χ3n) is 5.96. The first-order valence-electron chi connectivity index (χ1n) is 8.84. The summed E-state index contributed by atoms with van der Waals surface area (Å²) in [5.41, 5.74) is 2.27. The van der Waals surface area contributed by atoms with Gasteiger partial charge in [-0.15, -0.1) is 0 Å². The largest absolute Gasteiger partial charge is 0.388 e. The molecule has 0 radical (unpaired) electrons. The summed E-state index contributed by atoms with van der Waals surface area (Å²) in [7, 11) is 0. The van der Waals surface area contributed by atoms with Gasteiger partial charge in [0.2, 0.25) is 0 Å². The zero-order valence-electron chi connectivity index (χ0n) is 14.0. The van der Waals surface area contributed by atoms with Crippen LogP contribution in [0.5, 0.6) is 0 Å². The zero-order valence-corrected chi connectivity index (χ0v) is 14.8. The SMILES string of the molecule is OC(c1cccnc1)C1CC2(CCN(c3ccc(F)c(Cl)c3)CC2)C1. The van der Waals surface area contributed by atoms with Gasteiger partial charge in [0.1, 0.15) is 5.82 Å². The minimum atomic E-state index is -0.409. The van der Waals surface area contributed by atoms with Crippen molar-refractivity contribution in [1.82, 2.24) is 4.98 Å². The Labute approximate surface area is 152 Å². The van der Waals surface area contributed by atoms with Gasteiger partial charge in [0.25, 0.3) is 0 Å². The first-order valence-corrected chi connectivity index (χ1v) is 9.22.